The molecular formula is C82H75BBr5Cl2N5O2. The molecule has 0 saturated heterocycles. The summed E-state index contributed by atoms with van der Waals surface area (Å²) < 4.78 is 7.31. The van der Waals surface area contributed by atoms with Gasteiger partial charge in [0.1, 0.15) is 11.5 Å². The lowest BCUT2D eigenvalue weighted by molar-refractivity contribution is 0.414. The number of phenols is 1. The van der Waals surface area contributed by atoms with Crippen molar-refractivity contribution in [1.29, 1.82) is 0 Å². The highest BCUT2D eigenvalue weighted by molar-refractivity contribution is 9.69. The first-order valence-electron chi connectivity index (χ1n) is 30.4. The first-order chi connectivity index (χ1) is 46.9. The van der Waals surface area contributed by atoms with Gasteiger partial charge in [0, 0.05) is 90.8 Å². The summed E-state index contributed by atoms with van der Waals surface area (Å²) >= 11 is 25.5. The molecule has 0 amide bonds. The van der Waals surface area contributed by atoms with E-state index in [1.54, 1.807) is 19.2 Å². The Bertz CT molecular complexity index is 3670. The molecule has 15 heteroatoms. The van der Waals surface area contributed by atoms with Crippen LogP contribution in [0.3, 0.4) is 0 Å². The molecule has 0 unspecified atom stereocenters. The smallest absolute Gasteiger partial charge is 0.369 e. The van der Waals surface area contributed by atoms with E-state index in [4.69, 9.17) is 27.9 Å². The molecule has 7 nitrogen and oxygen atoms in total. The molecule has 0 aliphatic rings. The van der Waals surface area contributed by atoms with Gasteiger partial charge < -0.3 is 34.8 Å². The number of benzene rings is 13. The predicted molar refractivity (Wildman–Crippen MR) is 441 cm³/mol. The molecule has 97 heavy (non-hydrogen) atoms. The van der Waals surface area contributed by atoms with Gasteiger partial charge in [-0.2, -0.15) is 0 Å². The second-order valence-electron chi connectivity index (χ2n) is 20.8. The van der Waals surface area contributed by atoms with E-state index in [-0.39, 0.29) is 23.1 Å². The predicted octanol–water partition coefficient (Wildman–Crippen LogP) is 28.4. The van der Waals surface area contributed by atoms with Crippen LogP contribution in [0.25, 0.3) is 0 Å². The topological polar surface area (TPSA) is 54.5 Å². The van der Waals surface area contributed by atoms with Crippen molar-refractivity contribution in [1.82, 2.24) is 0 Å². The van der Waals surface area contributed by atoms with E-state index in [2.05, 4.69) is 305 Å². The van der Waals surface area contributed by atoms with Crippen molar-refractivity contribution in [2.24, 2.45) is 0 Å². The number of hydrogen-bond donors (Lipinski definition) is 2. The SMILES string of the molecule is BrB(Br)Br.C.COc1cc(Br)cc(Br)c1.Cc1cc(N(c2ccccc2)c2ccccc2)cc(N(c2ccccc2)c2ccccc2)c1.ClCCl.Oc1cc(N(c2ccccc2)c2ccccc2)cc(N(c2ccccc2)c2ccccc2)c1.[2HH].c1ccc(Nc2ccccc2)cc1. The summed E-state index contributed by atoms with van der Waals surface area (Å²) in [5.41, 5.74) is 16.0. The number of methoxy groups -OCH3 is 1. The van der Waals surface area contributed by atoms with Crippen LogP contribution in [-0.4, -0.2) is 20.7 Å². The molecule has 0 heterocycles. The van der Waals surface area contributed by atoms with E-state index in [1.165, 1.54) is 5.56 Å². The number of para-hydroxylation sites is 10. The van der Waals surface area contributed by atoms with Gasteiger partial charge in [-0.15, -0.1) is 70.5 Å². The zero-order valence-electron chi connectivity index (χ0n) is 52.6. The Hall–Kier alpha value is -8.50. The fourth-order valence-electron chi connectivity index (χ4n) is 10.1. The second-order valence-corrected chi connectivity index (χ2v) is 29.8. The lowest BCUT2D eigenvalue weighted by Gasteiger charge is -2.30. The molecule has 13 aromatic carbocycles. The normalized spacial score (nSPS) is 9.91. The van der Waals surface area contributed by atoms with E-state index in [1.807, 2.05) is 152 Å². The number of alkyl halides is 2. The highest BCUT2D eigenvalue weighted by atomic mass is 79.9. The maximum absolute atomic E-state index is 10.8. The molecule has 0 aliphatic carbocycles. The zero-order chi connectivity index (χ0) is 67.7. The summed E-state index contributed by atoms with van der Waals surface area (Å²) in [6, 6.07) is 121. The summed E-state index contributed by atoms with van der Waals surface area (Å²) in [7, 11) is 1.65. The summed E-state index contributed by atoms with van der Waals surface area (Å²) in [4.78, 5) is 8.92. The first kappa shape index (κ1) is 75.9. The van der Waals surface area contributed by atoms with Crippen molar-refractivity contribution in [2.45, 2.75) is 14.4 Å². The Kier molecular flexibility index (Phi) is 32.5. The van der Waals surface area contributed by atoms with Gasteiger partial charge in [-0.1, -0.05) is 221 Å². The average molecular weight is 1640 g/mol. The summed E-state index contributed by atoms with van der Waals surface area (Å²) in [5, 5.41) is 14.3. The quantitative estimate of drug-likeness (QED) is 0.0783. The minimum atomic E-state index is 0. The van der Waals surface area contributed by atoms with Gasteiger partial charge in [0.05, 0.1) is 23.8 Å². The molecule has 13 rings (SSSR count). The van der Waals surface area contributed by atoms with E-state index in [0.717, 1.165) is 94.3 Å². The molecular weight excluding hydrogens is 1570 g/mol. The van der Waals surface area contributed by atoms with Gasteiger partial charge >= 0.3 is 3.18 Å². The van der Waals surface area contributed by atoms with Crippen molar-refractivity contribution in [3.05, 3.63) is 372 Å². The van der Waals surface area contributed by atoms with Crippen LogP contribution in [0.5, 0.6) is 11.5 Å². The summed E-state index contributed by atoms with van der Waals surface area (Å²) in [5.74, 6) is 1.05. The summed E-state index contributed by atoms with van der Waals surface area (Å²) in [6.45, 7) is 2.16. The molecule has 0 fully saturated rings. The lowest BCUT2D eigenvalue weighted by atomic mass is 10.1. The molecule has 0 spiro atoms. The third-order valence-electron chi connectivity index (χ3n) is 14.0. The average Bonchev–Trinajstić information content (AvgIpc) is 0.793. The highest BCUT2D eigenvalue weighted by Crippen LogP contribution is 2.44. The Morgan fingerprint density at radius 3 is 0.742 bits per heavy atom. The van der Waals surface area contributed by atoms with Gasteiger partial charge in [0.15, 0.2) is 0 Å². The molecule has 0 aromatic heterocycles. The largest absolute Gasteiger partial charge is 0.508 e. The number of ether oxygens (including phenoxy) is 1. The van der Waals surface area contributed by atoms with Gasteiger partial charge in [-0.3, -0.25) is 0 Å². The van der Waals surface area contributed by atoms with Crippen molar-refractivity contribution < 1.29 is 11.3 Å². The van der Waals surface area contributed by atoms with Crippen molar-refractivity contribution >= 4 is 185 Å². The standard InChI is InChI=1S/C31H26N2.C30H24N2O.C12H11N.C7H6Br2O.CH2Cl2.CH4.BBr3.H2/c1-25-22-30(32(26-14-6-2-7-15-26)27-16-8-3-9-17-27)24-31(23-25)33(28-18-10-4-11-19-28)29-20-12-5-13-21-29;33-30-22-28(31(24-13-5-1-6-14-24)25-15-7-2-8-16-25)21-29(23-30)32(26-17-9-3-10-18-26)27-19-11-4-12-20-27;1-3-7-11(8-4-1)13-12-9-5-2-6-10-12;1-10-7-3-5(8)2-6(9)4-7;2-1-3;;2-1(3)4;/h2-24H,1H3;1-23,33H;1-10,13H;2-4H,1H3;1H2;1H4;;1H/i;;;;;;;1+1. The van der Waals surface area contributed by atoms with Crippen LogP contribution in [0.4, 0.5) is 79.6 Å². The Morgan fingerprint density at radius 2 is 0.536 bits per heavy atom. The number of phenolic OH excluding ortho intramolecular Hbond substituents is 1. The van der Waals surface area contributed by atoms with Crippen molar-refractivity contribution in [2.75, 3.05) is 37.4 Å². The van der Waals surface area contributed by atoms with Gasteiger partial charge in [-0.25, -0.2) is 0 Å². The number of halogens is 7. The Morgan fingerprint density at radius 1 is 0.340 bits per heavy atom. The van der Waals surface area contributed by atoms with Crippen LogP contribution in [0.1, 0.15) is 14.4 Å². The van der Waals surface area contributed by atoms with Gasteiger partial charge in [0.2, 0.25) is 0 Å². The van der Waals surface area contributed by atoms with E-state index in [9.17, 15) is 5.11 Å². The van der Waals surface area contributed by atoms with Crippen LogP contribution in [-0.2, 0) is 0 Å². The molecule has 0 radical (unpaired) electrons. The maximum Gasteiger partial charge on any atom is 0.369 e. The zero-order valence-corrected chi connectivity index (χ0v) is 62.1. The number of nitrogens with one attached hydrogen (secondary N) is 1. The third kappa shape index (κ3) is 24.5. The van der Waals surface area contributed by atoms with E-state index < -0.39 is 0 Å². The molecule has 0 atom stereocenters. The van der Waals surface area contributed by atoms with Crippen LogP contribution < -0.4 is 29.7 Å². The van der Waals surface area contributed by atoms with Crippen molar-refractivity contribution in [3.8, 4) is 11.5 Å². The molecule has 2 N–H and O–H groups in total. The lowest BCUT2D eigenvalue weighted by Crippen LogP contribution is -2.13. The number of nitrogens with zero attached hydrogens (tertiary/aromatic N) is 4. The van der Waals surface area contributed by atoms with E-state index in [0.29, 0.717) is 0 Å². The highest BCUT2D eigenvalue weighted by Gasteiger charge is 2.20. The number of aryl methyl sites for hydroxylation is 1. The molecule has 0 bridgehead atoms. The second kappa shape index (κ2) is 41.6. The summed E-state index contributed by atoms with van der Waals surface area (Å²) in [6.07, 6.45) is 0. The Labute approximate surface area is 626 Å². The maximum atomic E-state index is 10.8. The van der Waals surface area contributed by atoms with Crippen LogP contribution >= 0.6 is 102 Å². The minimum Gasteiger partial charge on any atom is -0.508 e. The number of aromatic hydroxyl groups is 1. The number of hydrogen-bond acceptors (Lipinski definition) is 7. The fraction of sp³-hybridized carbons (Fsp3) is 0.0488. The van der Waals surface area contributed by atoms with Crippen LogP contribution in [0.15, 0.2) is 367 Å². The van der Waals surface area contributed by atoms with Crippen molar-refractivity contribution in [3.63, 3.8) is 0 Å². The van der Waals surface area contributed by atoms with Gasteiger partial charge in [0.25, 0.3) is 0 Å². The fourth-order valence-corrected chi connectivity index (χ4v) is 11.4. The molecule has 0 aliphatic heterocycles. The number of rotatable bonds is 15. The first-order valence-corrected chi connectivity index (χ1v) is 35.8. The van der Waals surface area contributed by atoms with Gasteiger partial charge in [-0.05, 0) is 176 Å². The Balaban J connectivity index is 0.000000216. The van der Waals surface area contributed by atoms with Crippen LogP contribution in [0, 0.1) is 6.92 Å². The minimum absolute atomic E-state index is 0. The van der Waals surface area contributed by atoms with E-state index >= 15 is 0 Å². The molecule has 13 aromatic rings. The number of anilines is 14. The van der Waals surface area contributed by atoms with Crippen LogP contribution in [0.2, 0.25) is 0 Å². The molecule has 0 saturated carbocycles. The third-order valence-corrected chi connectivity index (χ3v) is 14.9. The molecule has 492 valence electrons. The monoisotopic (exact) mass is 1640 g/mol.